The van der Waals surface area contributed by atoms with Gasteiger partial charge < -0.3 is 5.32 Å². The summed E-state index contributed by atoms with van der Waals surface area (Å²) in [5.41, 5.74) is 0.935. The lowest BCUT2D eigenvalue weighted by molar-refractivity contribution is 0.576. The van der Waals surface area contributed by atoms with Crippen LogP contribution in [0.1, 0.15) is 19.5 Å². The minimum absolute atomic E-state index is 0.448. The van der Waals surface area contributed by atoms with E-state index < -0.39 is 0 Å². The van der Waals surface area contributed by atoms with Gasteiger partial charge in [-0.25, -0.2) is 4.68 Å². The Balaban J connectivity index is 2.07. The molecule has 0 spiro atoms. The van der Waals surface area contributed by atoms with E-state index in [1.54, 1.807) is 10.9 Å². The first-order chi connectivity index (χ1) is 8.15. The number of aromatic nitrogens is 4. The van der Waals surface area contributed by atoms with Gasteiger partial charge >= 0.3 is 0 Å². The van der Waals surface area contributed by atoms with E-state index in [2.05, 4.69) is 57.1 Å². The van der Waals surface area contributed by atoms with E-state index in [0.717, 1.165) is 21.6 Å². The number of nitrogens with one attached hydrogen (secondary N) is 1. The summed E-state index contributed by atoms with van der Waals surface area (Å²) in [6, 6.07) is 4.34. The van der Waals surface area contributed by atoms with Crippen LogP contribution in [0.2, 0.25) is 0 Å². The molecule has 0 amide bonds. The quantitative estimate of drug-likeness (QED) is 0.860. The van der Waals surface area contributed by atoms with Crippen LogP contribution in [-0.4, -0.2) is 26.0 Å². The largest absolute Gasteiger partial charge is 0.309 e. The Bertz CT molecular complexity index is 477. The highest BCUT2D eigenvalue weighted by Crippen LogP contribution is 2.07. The van der Waals surface area contributed by atoms with Gasteiger partial charge in [-0.1, -0.05) is 13.8 Å². The molecule has 0 bridgehead atoms. The molecule has 0 aliphatic heterocycles. The molecule has 2 aromatic heterocycles. The molecule has 0 fully saturated rings. The normalized spacial score (nSPS) is 11.1. The van der Waals surface area contributed by atoms with Gasteiger partial charge in [0.2, 0.25) is 0 Å². The average Bonchev–Trinajstić information content (AvgIpc) is 2.74. The average molecular weight is 343 g/mol. The second kappa shape index (κ2) is 5.54. The highest BCUT2D eigenvalue weighted by molar-refractivity contribution is 14.1. The molecule has 2 aromatic rings. The predicted octanol–water partition coefficient (Wildman–Crippen LogP) is 1.76. The van der Waals surface area contributed by atoms with Gasteiger partial charge in [0.15, 0.2) is 5.82 Å². The molecule has 0 aliphatic carbocycles. The maximum atomic E-state index is 4.18. The van der Waals surface area contributed by atoms with Crippen molar-refractivity contribution < 1.29 is 0 Å². The summed E-state index contributed by atoms with van der Waals surface area (Å²) in [5.74, 6) is 0.737. The van der Waals surface area contributed by atoms with Crippen LogP contribution in [0.15, 0.2) is 24.5 Å². The summed E-state index contributed by atoms with van der Waals surface area (Å²) in [4.78, 5) is 0. The summed E-state index contributed by atoms with van der Waals surface area (Å²) in [6.45, 7) is 4.95. The van der Waals surface area contributed by atoms with Gasteiger partial charge in [-0.2, -0.15) is 10.2 Å². The second-order valence-corrected chi connectivity index (χ2v) is 5.27. The molecule has 2 heterocycles. The SMILES string of the molecule is CC(C)NCc1ccc(-n2cc(I)cn2)nn1. The number of hydrogen-bond acceptors (Lipinski definition) is 4. The first kappa shape index (κ1) is 12.4. The zero-order chi connectivity index (χ0) is 12.3. The Labute approximate surface area is 114 Å². The molecule has 0 saturated heterocycles. The van der Waals surface area contributed by atoms with Crippen molar-refractivity contribution in [2.75, 3.05) is 0 Å². The van der Waals surface area contributed by atoms with Crippen molar-refractivity contribution in [2.24, 2.45) is 0 Å². The third-order valence-corrected chi connectivity index (χ3v) is 2.74. The van der Waals surface area contributed by atoms with E-state index in [1.165, 1.54) is 0 Å². The van der Waals surface area contributed by atoms with Crippen molar-refractivity contribution >= 4 is 22.6 Å². The van der Waals surface area contributed by atoms with E-state index in [4.69, 9.17) is 0 Å². The van der Waals surface area contributed by atoms with Crippen LogP contribution >= 0.6 is 22.6 Å². The van der Waals surface area contributed by atoms with Crippen LogP contribution in [0.5, 0.6) is 0 Å². The van der Waals surface area contributed by atoms with Crippen molar-refractivity contribution in [3.05, 3.63) is 33.8 Å². The minimum Gasteiger partial charge on any atom is -0.309 e. The van der Waals surface area contributed by atoms with Gasteiger partial charge in [0, 0.05) is 18.8 Å². The lowest BCUT2D eigenvalue weighted by Gasteiger charge is -2.07. The van der Waals surface area contributed by atoms with Gasteiger partial charge in [-0.3, -0.25) is 0 Å². The summed E-state index contributed by atoms with van der Waals surface area (Å²) in [7, 11) is 0. The fraction of sp³-hybridized carbons (Fsp3) is 0.364. The Hall–Kier alpha value is -1.02. The molecule has 90 valence electrons. The summed E-state index contributed by atoms with van der Waals surface area (Å²) >= 11 is 2.21. The van der Waals surface area contributed by atoms with Gasteiger partial charge in [0.1, 0.15) is 0 Å². The van der Waals surface area contributed by atoms with Crippen molar-refractivity contribution in [1.29, 1.82) is 0 Å². The first-order valence-corrected chi connectivity index (χ1v) is 6.49. The fourth-order valence-corrected chi connectivity index (χ4v) is 1.69. The molecule has 0 saturated carbocycles. The molecule has 6 heteroatoms. The van der Waals surface area contributed by atoms with Gasteiger partial charge in [-0.15, -0.1) is 5.10 Å². The van der Waals surface area contributed by atoms with Gasteiger partial charge in [0.25, 0.3) is 0 Å². The van der Waals surface area contributed by atoms with E-state index in [1.807, 2.05) is 18.3 Å². The molecule has 0 atom stereocenters. The van der Waals surface area contributed by atoms with Crippen LogP contribution in [0.25, 0.3) is 5.82 Å². The van der Waals surface area contributed by atoms with E-state index in [-0.39, 0.29) is 0 Å². The van der Waals surface area contributed by atoms with E-state index >= 15 is 0 Å². The number of halogens is 1. The van der Waals surface area contributed by atoms with Crippen LogP contribution in [0.3, 0.4) is 0 Å². The summed E-state index contributed by atoms with van der Waals surface area (Å²) in [6.07, 6.45) is 3.70. The lowest BCUT2D eigenvalue weighted by Crippen LogP contribution is -2.22. The van der Waals surface area contributed by atoms with Crippen molar-refractivity contribution in [2.45, 2.75) is 26.4 Å². The van der Waals surface area contributed by atoms with Crippen LogP contribution < -0.4 is 5.32 Å². The third-order valence-electron chi connectivity index (χ3n) is 2.18. The molecule has 0 unspecified atom stereocenters. The Kier molecular flexibility index (Phi) is 4.06. The molecule has 0 aliphatic rings. The van der Waals surface area contributed by atoms with Gasteiger partial charge in [0.05, 0.1) is 15.5 Å². The predicted molar refractivity (Wildman–Crippen MR) is 73.8 cm³/mol. The zero-order valence-corrected chi connectivity index (χ0v) is 11.9. The molecular formula is C11H14IN5. The molecule has 0 radical (unpaired) electrons. The number of nitrogens with zero attached hydrogens (tertiary/aromatic N) is 4. The third kappa shape index (κ3) is 3.47. The smallest absolute Gasteiger partial charge is 0.175 e. The summed E-state index contributed by atoms with van der Waals surface area (Å²) in [5, 5.41) is 15.8. The van der Waals surface area contributed by atoms with Crippen LogP contribution in [-0.2, 0) is 6.54 Å². The topological polar surface area (TPSA) is 55.6 Å². The maximum Gasteiger partial charge on any atom is 0.175 e. The second-order valence-electron chi connectivity index (χ2n) is 4.02. The number of hydrogen-bond donors (Lipinski definition) is 1. The molecule has 2 rings (SSSR count). The zero-order valence-electron chi connectivity index (χ0n) is 9.76. The van der Waals surface area contributed by atoms with Crippen molar-refractivity contribution in [1.82, 2.24) is 25.3 Å². The van der Waals surface area contributed by atoms with Crippen LogP contribution in [0, 0.1) is 3.57 Å². The number of rotatable bonds is 4. The van der Waals surface area contributed by atoms with Crippen molar-refractivity contribution in [3.8, 4) is 5.82 Å². The summed E-state index contributed by atoms with van der Waals surface area (Å²) < 4.78 is 2.80. The van der Waals surface area contributed by atoms with E-state index in [9.17, 15) is 0 Å². The molecule has 5 nitrogen and oxygen atoms in total. The van der Waals surface area contributed by atoms with Gasteiger partial charge in [-0.05, 0) is 34.7 Å². The van der Waals surface area contributed by atoms with E-state index in [0.29, 0.717) is 6.04 Å². The lowest BCUT2D eigenvalue weighted by atomic mass is 10.3. The van der Waals surface area contributed by atoms with Crippen molar-refractivity contribution in [3.63, 3.8) is 0 Å². The standard InChI is InChI=1S/C11H14IN5/c1-8(2)13-6-10-3-4-11(16-15-10)17-7-9(12)5-14-17/h3-5,7-8,13H,6H2,1-2H3. The minimum atomic E-state index is 0.448. The molecule has 1 N–H and O–H groups in total. The Morgan fingerprint density at radius 3 is 2.71 bits per heavy atom. The highest BCUT2D eigenvalue weighted by Gasteiger charge is 2.02. The fourth-order valence-electron chi connectivity index (χ4n) is 1.30. The Morgan fingerprint density at radius 2 is 2.18 bits per heavy atom. The monoisotopic (exact) mass is 343 g/mol. The Morgan fingerprint density at radius 1 is 1.35 bits per heavy atom. The maximum absolute atomic E-state index is 4.18. The molecule has 17 heavy (non-hydrogen) atoms. The highest BCUT2D eigenvalue weighted by atomic mass is 127. The molecular weight excluding hydrogens is 329 g/mol. The molecule has 0 aromatic carbocycles. The first-order valence-electron chi connectivity index (χ1n) is 5.41. The van der Waals surface area contributed by atoms with Crippen LogP contribution in [0.4, 0.5) is 0 Å².